The summed E-state index contributed by atoms with van der Waals surface area (Å²) in [7, 11) is 0. The lowest BCUT2D eigenvalue weighted by Gasteiger charge is -2.03. The molecule has 0 N–H and O–H groups in total. The molecule has 1 aromatic carbocycles. The highest BCUT2D eigenvalue weighted by molar-refractivity contribution is 9.10. The molecule has 6 nitrogen and oxygen atoms in total. The summed E-state index contributed by atoms with van der Waals surface area (Å²) in [6.07, 6.45) is 1.70. The molecule has 0 aliphatic rings. The van der Waals surface area contributed by atoms with Gasteiger partial charge in [0.15, 0.2) is 0 Å². The molecule has 0 aliphatic carbocycles. The van der Waals surface area contributed by atoms with Gasteiger partial charge in [0.25, 0.3) is 10.8 Å². The molecular weight excluding hydrogens is 404 g/mol. The van der Waals surface area contributed by atoms with Gasteiger partial charge >= 0.3 is 0 Å². The second-order valence-electron chi connectivity index (χ2n) is 5.19. The third-order valence-electron chi connectivity index (χ3n) is 3.45. The molecule has 8 heteroatoms. The lowest BCUT2D eigenvalue weighted by atomic mass is 10.2. The topological polar surface area (TPSA) is 73.3 Å². The number of nitrogens with zero attached hydrogens (tertiary/aromatic N) is 4. The molecule has 3 heterocycles. The van der Waals surface area contributed by atoms with E-state index in [0.717, 1.165) is 10.0 Å². The van der Waals surface area contributed by atoms with Gasteiger partial charge in [-0.2, -0.15) is 0 Å². The zero-order chi connectivity index (χ0) is 17.2. The average molecular weight is 415 g/mol. The van der Waals surface area contributed by atoms with Crippen molar-refractivity contribution in [1.29, 1.82) is 0 Å². The first-order valence-electron chi connectivity index (χ1n) is 7.38. The van der Waals surface area contributed by atoms with Crippen LogP contribution in [0.2, 0.25) is 0 Å². The van der Waals surface area contributed by atoms with Crippen LogP contribution < -0.4 is 5.56 Å². The fourth-order valence-corrected chi connectivity index (χ4v) is 3.29. The number of pyridine rings is 1. The van der Waals surface area contributed by atoms with Gasteiger partial charge in [0.2, 0.25) is 5.89 Å². The van der Waals surface area contributed by atoms with E-state index in [0.29, 0.717) is 28.2 Å². The fraction of sp³-hybridized carbons (Fsp3) is 0.0588. The second kappa shape index (κ2) is 6.81. The van der Waals surface area contributed by atoms with Crippen LogP contribution >= 0.6 is 27.7 Å². The molecule has 0 radical (unpaired) electrons. The van der Waals surface area contributed by atoms with E-state index in [1.165, 1.54) is 22.2 Å². The summed E-state index contributed by atoms with van der Waals surface area (Å²) in [6.45, 7) is 0. The molecule has 0 spiro atoms. The van der Waals surface area contributed by atoms with Gasteiger partial charge in [0.05, 0.1) is 5.69 Å². The maximum Gasteiger partial charge on any atom is 0.277 e. The maximum atomic E-state index is 12.2. The van der Waals surface area contributed by atoms with Crippen LogP contribution in [0.3, 0.4) is 0 Å². The van der Waals surface area contributed by atoms with Crippen molar-refractivity contribution in [3.63, 3.8) is 0 Å². The number of rotatable bonds is 4. The normalized spacial score (nSPS) is 11.1. The third-order valence-corrected chi connectivity index (χ3v) is 4.77. The Hall–Kier alpha value is -2.45. The van der Waals surface area contributed by atoms with Gasteiger partial charge < -0.3 is 4.42 Å². The highest BCUT2D eigenvalue weighted by Gasteiger charge is 2.10. The second-order valence-corrected chi connectivity index (χ2v) is 7.03. The Labute approximate surface area is 155 Å². The molecule has 0 saturated carbocycles. The van der Waals surface area contributed by atoms with Gasteiger partial charge in [0, 0.05) is 28.1 Å². The van der Waals surface area contributed by atoms with Crippen LogP contribution in [0, 0.1) is 0 Å². The van der Waals surface area contributed by atoms with Crippen molar-refractivity contribution < 1.29 is 4.42 Å². The Kier molecular flexibility index (Phi) is 4.37. The molecule has 25 heavy (non-hydrogen) atoms. The first kappa shape index (κ1) is 16.0. The third kappa shape index (κ3) is 3.49. The number of fused-ring (bicyclic) bond motifs is 1. The SMILES string of the molecule is O=c1cc(CSc2nnc(-c3ccccc3)o2)nc2ccc(Br)cn12. The minimum absolute atomic E-state index is 0.127. The van der Waals surface area contributed by atoms with Crippen LogP contribution in [-0.2, 0) is 5.75 Å². The fourth-order valence-electron chi connectivity index (χ4n) is 2.30. The number of aromatic nitrogens is 4. The highest BCUT2D eigenvalue weighted by Crippen LogP contribution is 2.25. The summed E-state index contributed by atoms with van der Waals surface area (Å²) in [5.74, 6) is 0.942. The van der Waals surface area contributed by atoms with Gasteiger partial charge in [-0.05, 0) is 40.2 Å². The Morgan fingerprint density at radius 2 is 1.96 bits per heavy atom. The first-order chi connectivity index (χ1) is 12.2. The van der Waals surface area contributed by atoms with E-state index in [4.69, 9.17) is 4.42 Å². The number of hydrogen-bond donors (Lipinski definition) is 0. The number of thioether (sulfide) groups is 1. The van der Waals surface area contributed by atoms with E-state index in [2.05, 4.69) is 31.1 Å². The van der Waals surface area contributed by atoms with Crippen molar-refractivity contribution in [2.24, 2.45) is 0 Å². The minimum Gasteiger partial charge on any atom is -0.411 e. The largest absolute Gasteiger partial charge is 0.411 e. The number of halogens is 1. The van der Waals surface area contributed by atoms with Gasteiger partial charge in [0.1, 0.15) is 5.65 Å². The Bertz CT molecular complexity index is 1090. The summed E-state index contributed by atoms with van der Waals surface area (Å²) in [6, 6.07) is 14.7. The summed E-state index contributed by atoms with van der Waals surface area (Å²) in [4.78, 5) is 16.7. The zero-order valence-electron chi connectivity index (χ0n) is 12.8. The molecule has 0 bridgehead atoms. The molecule has 124 valence electrons. The number of hydrogen-bond acceptors (Lipinski definition) is 6. The maximum absolute atomic E-state index is 12.2. The number of benzene rings is 1. The predicted octanol–water partition coefficient (Wildman–Crippen LogP) is 3.80. The average Bonchev–Trinajstić information content (AvgIpc) is 3.10. The van der Waals surface area contributed by atoms with E-state index < -0.39 is 0 Å². The van der Waals surface area contributed by atoms with Crippen molar-refractivity contribution in [3.8, 4) is 11.5 Å². The van der Waals surface area contributed by atoms with Crippen molar-refractivity contribution >= 4 is 33.3 Å². The Morgan fingerprint density at radius 3 is 2.80 bits per heavy atom. The van der Waals surface area contributed by atoms with Crippen molar-refractivity contribution in [2.75, 3.05) is 0 Å². The van der Waals surface area contributed by atoms with Crippen molar-refractivity contribution in [3.05, 3.63) is 75.2 Å². The van der Waals surface area contributed by atoms with E-state index in [1.807, 2.05) is 36.4 Å². The van der Waals surface area contributed by atoms with Crippen LogP contribution in [0.5, 0.6) is 0 Å². The van der Waals surface area contributed by atoms with E-state index in [-0.39, 0.29) is 5.56 Å². The summed E-state index contributed by atoms with van der Waals surface area (Å²) in [5.41, 5.74) is 2.01. The summed E-state index contributed by atoms with van der Waals surface area (Å²) in [5, 5.41) is 8.52. The first-order valence-corrected chi connectivity index (χ1v) is 9.16. The zero-order valence-corrected chi connectivity index (χ0v) is 15.2. The molecule has 0 saturated heterocycles. The van der Waals surface area contributed by atoms with Crippen LogP contribution in [0.25, 0.3) is 17.1 Å². The van der Waals surface area contributed by atoms with Crippen LogP contribution in [-0.4, -0.2) is 19.6 Å². The van der Waals surface area contributed by atoms with Crippen LogP contribution in [0.4, 0.5) is 0 Å². The molecule has 0 aliphatic heterocycles. The molecule has 0 amide bonds. The van der Waals surface area contributed by atoms with Gasteiger partial charge in [-0.3, -0.25) is 9.20 Å². The quantitative estimate of drug-likeness (QED) is 0.472. The Morgan fingerprint density at radius 1 is 1.12 bits per heavy atom. The molecule has 0 unspecified atom stereocenters. The van der Waals surface area contributed by atoms with Gasteiger partial charge in [-0.1, -0.05) is 30.0 Å². The van der Waals surface area contributed by atoms with Crippen LogP contribution in [0.15, 0.2) is 73.6 Å². The molecule has 3 aromatic heterocycles. The Balaban J connectivity index is 1.54. The predicted molar refractivity (Wildman–Crippen MR) is 98.5 cm³/mol. The van der Waals surface area contributed by atoms with E-state index in [1.54, 1.807) is 12.3 Å². The minimum atomic E-state index is -0.127. The lowest BCUT2D eigenvalue weighted by Crippen LogP contribution is -2.15. The smallest absolute Gasteiger partial charge is 0.277 e. The standard InChI is InChI=1S/C17H11BrN4O2S/c18-12-6-7-14-19-13(8-15(23)22(14)9-12)10-25-17-21-20-16(24-17)11-4-2-1-3-5-11/h1-9H,10H2. The van der Waals surface area contributed by atoms with Crippen LogP contribution in [0.1, 0.15) is 5.69 Å². The lowest BCUT2D eigenvalue weighted by molar-refractivity contribution is 0.466. The van der Waals surface area contributed by atoms with Crippen molar-refractivity contribution in [2.45, 2.75) is 11.0 Å². The van der Waals surface area contributed by atoms with Gasteiger partial charge in [-0.25, -0.2) is 4.98 Å². The van der Waals surface area contributed by atoms with E-state index in [9.17, 15) is 4.79 Å². The molecule has 4 aromatic rings. The molecular formula is C17H11BrN4O2S. The van der Waals surface area contributed by atoms with Crippen molar-refractivity contribution in [1.82, 2.24) is 19.6 Å². The highest BCUT2D eigenvalue weighted by atomic mass is 79.9. The molecule has 0 atom stereocenters. The summed E-state index contributed by atoms with van der Waals surface area (Å²) >= 11 is 4.70. The molecule has 4 rings (SSSR count). The monoisotopic (exact) mass is 414 g/mol. The molecule has 0 fully saturated rings. The van der Waals surface area contributed by atoms with Gasteiger partial charge in [-0.15, -0.1) is 10.2 Å². The van der Waals surface area contributed by atoms with E-state index >= 15 is 0 Å². The summed E-state index contributed by atoms with van der Waals surface area (Å²) < 4.78 is 7.97.